The second kappa shape index (κ2) is 6.03. The van der Waals surface area contributed by atoms with Gasteiger partial charge in [0.05, 0.1) is 17.9 Å². The third-order valence-electron chi connectivity index (χ3n) is 2.68. The van der Waals surface area contributed by atoms with E-state index < -0.39 is 21.9 Å². The molecule has 0 fully saturated rings. The zero-order valence-corrected chi connectivity index (χ0v) is 11.8. The van der Waals surface area contributed by atoms with Gasteiger partial charge in [0.25, 0.3) is 0 Å². The highest BCUT2D eigenvalue weighted by Crippen LogP contribution is 2.21. The molecule has 0 aliphatic heterocycles. The number of rotatable bonds is 6. The predicted molar refractivity (Wildman–Crippen MR) is 69.7 cm³/mol. The lowest BCUT2D eigenvalue weighted by Gasteiger charge is -2.11. The molecule has 0 amide bonds. The van der Waals surface area contributed by atoms with Gasteiger partial charge in [-0.1, -0.05) is 6.92 Å². The third-order valence-corrected chi connectivity index (χ3v) is 4.10. The maximum atomic E-state index is 12.0. The molecule has 0 saturated heterocycles. The highest BCUT2D eigenvalue weighted by Gasteiger charge is 2.18. The highest BCUT2D eigenvalue weighted by atomic mass is 32.2. The number of carboxylic acids is 1. The van der Waals surface area contributed by atoms with Gasteiger partial charge in [-0.2, -0.15) is 0 Å². The molecular formula is C12H17NO5S. The first kappa shape index (κ1) is 15.5. The van der Waals surface area contributed by atoms with Crippen LogP contribution in [0.5, 0.6) is 5.75 Å². The molecule has 106 valence electrons. The van der Waals surface area contributed by atoms with E-state index in [4.69, 9.17) is 9.84 Å². The van der Waals surface area contributed by atoms with Gasteiger partial charge in [0.15, 0.2) is 0 Å². The van der Waals surface area contributed by atoms with Gasteiger partial charge < -0.3 is 9.84 Å². The van der Waals surface area contributed by atoms with Crippen molar-refractivity contribution in [1.82, 2.24) is 4.72 Å². The Morgan fingerprint density at radius 1 is 1.47 bits per heavy atom. The van der Waals surface area contributed by atoms with E-state index in [1.165, 1.54) is 26.2 Å². The Labute approximate surface area is 112 Å². The summed E-state index contributed by atoms with van der Waals surface area (Å²) in [6.45, 7) is 3.02. The summed E-state index contributed by atoms with van der Waals surface area (Å²) in [5.41, 5.74) is 0.691. The molecule has 0 saturated carbocycles. The summed E-state index contributed by atoms with van der Waals surface area (Å²) in [7, 11) is -2.20. The maximum absolute atomic E-state index is 12.0. The van der Waals surface area contributed by atoms with Crippen molar-refractivity contribution in [2.45, 2.75) is 18.7 Å². The average molecular weight is 287 g/mol. The number of sulfonamides is 1. The van der Waals surface area contributed by atoms with Crippen molar-refractivity contribution in [2.75, 3.05) is 13.7 Å². The lowest BCUT2D eigenvalue weighted by atomic mass is 10.2. The van der Waals surface area contributed by atoms with E-state index in [1.807, 2.05) is 0 Å². The zero-order chi connectivity index (χ0) is 14.6. The van der Waals surface area contributed by atoms with Crippen LogP contribution in [0.3, 0.4) is 0 Å². The summed E-state index contributed by atoms with van der Waals surface area (Å²) < 4.78 is 31.3. The standard InChI is InChI=1S/C12H17NO5S/c1-8-6-10(4-5-11(8)18-3)19(16,17)13-7-9(2)12(14)15/h4-6,9,13H,7H2,1-3H3,(H,14,15). The number of hydrogen-bond acceptors (Lipinski definition) is 4. The lowest BCUT2D eigenvalue weighted by Crippen LogP contribution is -2.31. The Balaban J connectivity index is 2.89. The second-order valence-electron chi connectivity index (χ2n) is 4.22. The molecule has 1 rings (SSSR count). The minimum Gasteiger partial charge on any atom is -0.496 e. The molecule has 0 radical (unpaired) electrons. The monoisotopic (exact) mass is 287 g/mol. The largest absolute Gasteiger partial charge is 0.496 e. The molecule has 0 aliphatic carbocycles. The van der Waals surface area contributed by atoms with Crippen LogP contribution >= 0.6 is 0 Å². The SMILES string of the molecule is COc1ccc(S(=O)(=O)NCC(C)C(=O)O)cc1C. The van der Waals surface area contributed by atoms with Crippen LogP contribution in [0.15, 0.2) is 23.1 Å². The minimum absolute atomic E-state index is 0.0865. The summed E-state index contributed by atoms with van der Waals surface area (Å²) in [6.07, 6.45) is 0. The normalized spacial score (nSPS) is 13.0. The predicted octanol–water partition coefficient (Wildman–Crippen LogP) is 1.00. The molecule has 0 bridgehead atoms. The molecule has 0 heterocycles. The number of methoxy groups -OCH3 is 1. The Hall–Kier alpha value is -1.60. The summed E-state index contributed by atoms with van der Waals surface area (Å²) in [6, 6.07) is 4.46. The quantitative estimate of drug-likeness (QED) is 0.814. The molecular weight excluding hydrogens is 270 g/mol. The summed E-state index contributed by atoms with van der Waals surface area (Å²) >= 11 is 0. The van der Waals surface area contributed by atoms with Crippen LogP contribution < -0.4 is 9.46 Å². The van der Waals surface area contributed by atoms with Crippen molar-refractivity contribution in [2.24, 2.45) is 5.92 Å². The van der Waals surface area contributed by atoms with E-state index in [2.05, 4.69) is 4.72 Å². The van der Waals surface area contributed by atoms with E-state index in [9.17, 15) is 13.2 Å². The van der Waals surface area contributed by atoms with Crippen LogP contribution in [0, 0.1) is 12.8 Å². The fourth-order valence-corrected chi connectivity index (χ4v) is 2.64. The molecule has 1 aromatic rings. The van der Waals surface area contributed by atoms with Crippen molar-refractivity contribution in [3.05, 3.63) is 23.8 Å². The molecule has 0 aromatic heterocycles. The maximum Gasteiger partial charge on any atom is 0.307 e. The molecule has 0 spiro atoms. The number of aliphatic carboxylic acids is 1. The van der Waals surface area contributed by atoms with Gasteiger partial charge in [0.2, 0.25) is 10.0 Å². The number of ether oxygens (including phenoxy) is 1. The van der Waals surface area contributed by atoms with E-state index in [0.717, 1.165) is 0 Å². The molecule has 19 heavy (non-hydrogen) atoms. The Morgan fingerprint density at radius 3 is 2.58 bits per heavy atom. The van der Waals surface area contributed by atoms with Crippen molar-refractivity contribution in [3.63, 3.8) is 0 Å². The molecule has 6 nitrogen and oxygen atoms in total. The van der Waals surface area contributed by atoms with Crippen molar-refractivity contribution < 1.29 is 23.1 Å². The van der Waals surface area contributed by atoms with Gasteiger partial charge in [0, 0.05) is 6.54 Å². The van der Waals surface area contributed by atoms with Crippen LogP contribution in [-0.4, -0.2) is 33.1 Å². The number of aryl methyl sites for hydroxylation is 1. The number of hydrogen-bond donors (Lipinski definition) is 2. The molecule has 0 aliphatic rings. The first-order chi connectivity index (χ1) is 8.77. The smallest absolute Gasteiger partial charge is 0.307 e. The Kier molecular flexibility index (Phi) is 4.90. The van der Waals surface area contributed by atoms with Gasteiger partial charge in [0.1, 0.15) is 5.75 Å². The van der Waals surface area contributed by atoms with Gasteiger partial charge in [-0.15, -0.1) is 0 Å². The van der Waals surface area contributed by atoms with Gasteiger partial charge in [-0.25, -0.2) is 13.1 Å². The summed E-state index contributed by atoms with van der Waals surface area (Å²) in [4.78, 5) is 10.7. The van der Waals surface area contributed by atoms with Gasteiger partial charge >= 0.3 is 5.97 Å². The molecule has 1 unspecified atom stereocenters. The fraction of sp³-hybridized carbons (Fsp3) is 0.417. The third kappa shape index (κ3) is 3.93. The number of benzene rings is 1. The molecule has 1 atom stereocenters. The van der Waals surface area contributed by atoms with Crippen LogP contribution in [0.4, 0.5) is 0 Å². The minimum atomic E-state index is -3.71. The van der Waals surface area contributed by atoms with Crippen LogP contribution in [-0.2, 0) is 14.8 Å². The molecule has 1 aromatic carbocycles. The van der Waals surface area contributed by atoms with Gasteiger partial charge in [-0.05, 0) is 30.7 Å². The second-order valence-corrected chi connectivity index (χ2v) is 5.99. The van der Waals surface area contributed by atoms with E-state index in [1.54, 1.807) is 13.0 Å². The molecule has 7 heteroatoms. The topological polar surface area (TPSA) is 92.7 Å². The van der Waals surface area contributed by atoms with E-state index >= 15 is 0 Å². The number of carbonyl (C=O) groups is 1. The first-order valence-corrected chi connectivity index (χ1v) is 7.13. The first-order valence-electron chi connectivity index (χ1n) is 5.65. The number of nitrogens with one attached hydrogen (secondary N) is 1. The van der Waals surface area contributed by atoms with E-state index in [0.29, 0.717) is 11.3 Å². The van der Waals surface area contributed by atoms with Crippen LogP contribution in [0.1, 0.15) is 12.5 Å². The molecule has 2 N–H and O–H groups in total. The lowest BCUT2D eigenvalue weighted by molar-refractivity contribution is -0.140. The zero-order valence-electron chi connectivity index (χ0n) is 11.0. The van der Waals surface area contributed by atoms with Gasteiger partial charge in [-0.3, -0.25) is 4.79 Å². The fourth-order valence-electron chi connectivity index (χ4n) is 1.42. The average Bonchev–Trinajstić information content (AvgIpc) is 2.35. The van der Waals surface area contributed by atoms with Crippen LogP contribution in [0.25, 0.3) is 0 Å². The number of carboxylic acid groups (broad SMARTS) is 1. The van der Waals surface area contributed by atoms with Crippen LogP contribution in [0.2, 0.25) is 0 Å². The van der Waals surface area contributed by atoms with Crippen molar-refractivity contribution >= 4 is 16.0 Å². The van der Waals surface area contributed by atoms with E-state index in [-0.39, 0.29) is 11.4 Å². The summed E-state index contributed by atoms with van der Waals surface area (Å²) in [5, 5.41) is 8.71. The Morgan fingerprint density at radius 2 is 2.11 bits per heavy atom. The summed E-state index contributed by atoms with van der Waals surface area (Å²) in [5.74, 6) is -1.24. The highest BCUT2D eigenvalue weighted by molar-refractivity contribution is 7.89. The Bertz CT molecular complexity index is 567. The van der Waals surface area contributed by atoms with Crippen molar-refractivity contribution in [1.29, 1.82) is 0 Å². The van der Waals surface area contributed by atoms with Crippen molar-refractivity contribution in [3.8, 4) is 5.75 Å².